The molecule has 1 heterocycles. The predicted molar refractivity (Wildman–Crippen MR) is 90.9 cm³/mol. The number of rotatable bonds is 2. The molecule has 0 aromatic heterocycles. The van der Waals surface area contributed by atoms with Crippen LogP contribution in [0.5, 0.6) is 0 Å². The number of hydrogen-bond acceptors (Lipinski definition) is 2. The Hall–Kier alpha value is -2.62. The van der Waals surface area contributed by atoms with E-state index in [2.05, 4.69) is 17.5 Å². The van der Waals surface area contributed by atoms with E-state index in [1.807, 2.05) is 25.1 Å². The molecule has 4 heteroatoms. The molecule has 0 saturated heterocycles. The van der Waals surface area contributed by atoms with E-state index in [1.165, 1.54) is 12.1 Å². The molecule has 1 aliphatic carbocycles. The fourth-order valence-corrected chi connectivity index (χ4v) is 4.05. The molecule has 1 aliphatic heterocycles. The first-order valence-electron chi connectivity index (χ1n) is 8.11. The Labute approximate surface area is 139 Å². The number of hydrogen-bond donors (Lipinski definition) is 2. The number of anilines is 1. The molecule has 24 heavy (non-hydrogen) atoms. The summed E-state index contributed by atoms with van der Waals surface area (Å²) in [5.74, 6) is -0.546. The van der Waals surface area contributed by atoms with Crippen molar-refractivity contribution in [1.82, 2.24) is 0 Å². The van der Waals surface area contributed by atoms with Crippen LogP contribution in [0, 0.1) is 18.7 Å². The van der Waals surface area contributed by atoms with Gasteiger partial charge in [0.1, 0.15) is 5.82 Å². The molecule has 0 spiro atoms. The fraction of sp³-hybridized carbons (Fsp3) is 0.250. The number of carboxylic acid groups (broad SMARTS) is 1. The minimum absolute atomic E-state index is 0.0424. The smallest absolute Gasteiger partial charge is 0.336 e. The van der Waals surface area contributed by atoms with Crippen molar-refractivity contribution in [2.24, 2.45) is 5.92 Å². The Morgan fingerprint density at radius 3 is 2.67 bits per heavy atom. The summed E-state index contributed by atoms with van der Waals surface area (Å²) in [6.07, 6.45) is 5.35. The van der Waals surface area contributed by atoms with Crippen LogP contribution >= 0.6 is 0 Å². The average molecular weight is 323 g/mol. The van der Waals surface area contributed by atoms with E-state index < -0.39 is 5.97 Å². The van der Waals surface area contributed by atoms with Crippen molar-refractivity contribution in [2.45, 2.75) is 25.3 Å². The highest BCUT2D eigenvalue weighted by Crippen LogP contribution is 2.50. The third-order valence-electron chi connectivity index (χ3n) is 5.26. The van der Waals surface area contributed by atoms with Gasteiger partial charge in [-0.1, -0.05) is 30.4 Å². The first-order valence-corrected chi connectivity index (χ1v) is 8.11. The molecule has 0 bridgehead atoms. The standard InChI is InChI=1S/C20H18FNO2/c1-11-14(20(23)24)9-10-17-15-3-2-4-16(15)19(22-18(11)17)12-5-7-13(21)8-6-12/h2-3,5-10,15-16,19,22H,4H2,1H3,(H,23,24)/t15?,16?,19-/m1/s1. The van der Waals surface area contributed by atoms with Crippen LogP contribution < -0.4 is 5.32 Å². The number of halogens is 1. The second-order valence-electron chi connectivity index (χ2n) is 6.53. The molecule has 0 radical (unpaired) electrons. The summed E-state index contributed by atoms with van der Waals surface area (Å²) in [7, 11) is 0. The highest BCUT2D eigenvalue weighted by molar-refractivity contribution is 5.92. The highest BCUT2D eigenvalue weighted by atomic mass is 19.1. The Bertz CT molecular complexity index is 841. The minimum atomic E-state index is -0.917. The monoisotopic (exact) mass is 323 g/mol. The maximum atomic E-state index is 13.3. The van der Waals surface area contributed by atoms with E-state index in [-0.39, 0.29) is 17.8 Å². The molecular formula is C20H18FNO2. The Balaban J connectivity index is 1.83. The average Bonchev–Trinajstić information content (AvgIpc) is 3.05. The molecule has 2 aliphatic rings. The van der Waals surface area contributed by atoms with Crippen molar-refractivity contribution < 1.29 is 14.3 Å². The molecule has 0 amide bonds. The maximum Gasteiger partial charge on any atom is 0.336 e. The second-order valence-corrected chi connectivity index (χ2v) is 6.53. The van der Waals surface area contributed by atoms with Crippen molar-refractivity contribution in [3.8, 4) is 0 Å². The summed E-state index contributed by atoms with van der Waals surface area (Å²) in [5, 5.41) is 12.9. The highest BCUT2D eigenvalue weighted by Gasteiger charge is 2.38. The second kappa shape index (κ2) is 5.48. The zero-order valence-corrected chi connectivity index (χ0v) is 13.3. The van der Waals surface area contributed by atoms with Crippen molar-refractivity contribution in [3.63, 3.8) is 0 Å². The summed E-state index contributed by atoms with van der Waals surface area (Å²) >= 11 is 0. The number of aromatic carboxylic acids is 1. The van der Waals surface area contributed by atoms with Gasteiger partial charge in [0.25, 0.3) is 0 Å². The van der Waals surface area contributed by atoms with Crippen LogP contribution in [0.3, 0.4) is 0 Å². The molecule has 2 N–H and O–H groups in total. The van der Waals surface area contributed by atoms with Gasteiger partial charge < -0.3 is 10.4 Å². The van der Waals surface area contributed by atoms with Gasteiger partial charge >= 0.3 is 5.97 Å². The van der Waals surface area contributed by atoms with Gasteiger partial charge in [0.15, 0.2) is 0 Å². The van der Waals surface area contributed by atoms with Crippen molar-refractivity contribution >= 4 is 11.7 Å². The SMILES string of the molecule is Cc1c(C(=O)O)ccc2c1N[C@H](c1ccc(F)cc1)C1CC=CC21. The summed E-state index contributed by atoms with van der Waals surface area (Å²) in [4.78, 5) is 11.4. The number of fused-ring (bicyclic) bond motifs is 3. The lowest BCUT2D eigenvalue weighted by Gasteiger charge is -2.38. The van der Waals surface area contributed by atoms with Crippen molar-refractivity contribution in [3.05, 3.63) is 76.6 Å². The third-order valence-corrected chi connectivity index (χ3v) is 5.26. The maximum absolute atomic E-state index is 13.3. The van der Waals surface area contributed by atoms with Crippen LogP contribution in [-0.4, -0.2) is 11.1 Å². The first-order chi connectivity index (χ1) is 11.6. The van der Waals surface area contributed by atoms with Crippen LogP contribution in [0.15, 0.2) is 48.6 Å². The molecule has 0 saturated carbocycles. The van der Waals surface area contributed by atoms with Crippen LogP contribution in [0.4, 0.5) is 10.1 Å². The zero-order chi connectivity index (χ0) is 16.8. The van der Waals surface area contributed by atoms with Gasteiger partial charge in [0, 0.05) is 11.6 Å². The summed E-state index contributed by atoms with van der Waals surface area (Å²) in [5.41, 5.74) is 4.15. The topological polar surface area (TPSA) is 49.3 Å². The number of carbonyl (C=O) groups is 1. The van der Waals surface area contributed by atoms with E-state index >= 15 is 0 Å². The van der Waals surface area contributed by atoms with Gasteiger partial charge in [0.05, 0.1) is 11.6 Å². The van der Waals surface area contributed by atoms with Crippen LogP contribution in [0.1, 0.15) is 45.4 Å². The molecule has 2 aromatic carbocycles. The van der Waals surface area contributed by atoms with E-state index in [4.69, 9.17) is 0 Å². The van der Waals surface area contributed by atoms with Crippen LogP contribution in [0.25, 0.3) is 0 Å². The van der Waals surface area contributed by atoms with E-state index in [0.717, 1.165) is 28.8 Å². The molecule has 122 valence electrons. The summed E-state index contributed by atoms with van der Waals surface area (Å²) in [6.45, 7) is 1.84. The molecule has 2 unspecified atom stereocenters. The molecule has 3 atom stereocenters. The Morgan fingerprint density at radius 1 is 1.21 bits per heavy atom. The predicted octanol–water partition coefficient (Wildman–Crippen LogP) is 4.66. The minimum Gasteiger partial charge on any atom is -0.478 e. The number of benzene rings is 2. The van der Waals surface area contributed by atoms with Gasteiger partial charge in [-0.3, -0.25) is 0 Å². The number of carboxylic acids is 1. The van der Waals surface area contributed by atoms with Gasteiger partial charge in [-0.25, -0.2) is 9.18 Å². The van der Waals surface area contributed by atoms with Crippen molar-refractivity contribution in [2.75, 3.05) is 5.32 Å². The summed E-state index contributed by atoms with van der Waals surface area (Å²) < 4.78 is 13.3. The number of nitrogens with one attached hydrogen (secondary N) is 1. The van der Waals surface area contributed by atoms with Gasteiger partial charge in [-0.15, -0.1) is 0 Å². The lowest BCUT2D eigenvalue weighted by molar-refractivity contribution is 0.0696. The Morgan fingerprint density at radius 2 is 1.96 bits per heavy atom. The lowest BCUT2D eigenvalue weighted by atomic mass is 9.76. The van der Waals surface area contributed by atoms with Gasteiger partial charge in [-0.05, 0) is 54.2 Å². The fourth-order valence-electron chi connectivity index (χ4n) is 4.05. The lowest BCUT2D eigenvalue weighted by Crippen LogP contribution is -2.30. The van der Waals surface area contributed by atoms with E-state index in [1.54, 1.807) is 6.07 Å². The van der Waals surface area contributed by atoms with E-state index in [0.29, 0.717) is 11.5 Å². The molecular weight excluding hydrogens is 305 g/mol. The Kier molecular flexibility index (Phi) is 3.41. The normalized spacial score (nSPS) is 24.2. The number of allylic oxidation sites excluding steroid dienone is 2. The summed E-state index contributed by atoms with van der Waals surface area (Å²) in [6, 6.07) is 10.2. The van der Waals surface area contributed by atoms with Gasteiger partial charge in [-0.2, -0.15) is 0 Å². The van der Waals surface area contributed by atoms with Crippen molar-refractivity contribution in [1.29, 1.82) is 0 Å². The van der Waals surface area contributed by atoms with Crippen LogP contribution in [0.2, 0.25) is 0 Å². The largest absolute Gasteiger partial charge is 0.478 e. The quantitative estimate of drug-likeness (QED) is 0.790. The third kappa shape index (κ3) is 2.21. The molecule has 4 rings (SSSR count). The molecule has 0 fully saturated rings. The van der Waals surface area contributed by atoms with Gasteiger partial charge in [0.2, 0.25) is 0 Å². The molecule has 2 aromatic rings. The first kappa shape index (κ1) is 14.9. The van der Waals surface area contributed by atoms with E-state index in [9.17, 15) is 14.3 Å². The van der Waals surface area contributed by atoms with Crippen LogP contribution in [-0.2, 0) is 0 Å². The zero-order valence-electron chi connectivity index (χ0n) is 13.3. The molecule has 3 nitrogen and oxygen atoms in total.